The van der Waals surface area contributed by atoms with Gasteiger partial charge in [-0.1, -0.05) is 12.8 Å². The van der Waals surface area contributed by atoms with Gasteiger partial charge in [-0.2, -0.15) is 0 Å². The van der Waals surface area contributed by atoms with E-state index in [1.54, 1.807) is 0 Å². The van der Waals surface area contributed by atoms with Gasteiger partial charge in [0.2, 0.25) is 0 Å². The van der Waals surface area contributed by atoms with Crippen LogP contribution in [0, 0.1) is 11.6 Å². The lowest BCUT2D eigenvalue weighted by Gasteiger charge is -2.26. The molecule has 0 atom stereocenters. The first-order valence-corrected chi connectivity index (χ1v) is 7.87. The Balaban J connectivity index is 1.64. The van der Waals surface area contributed by atoms with Crippen molar-refractivity contribution in [3.63, 3.8) is 0 Å². The molecule has 4 heteroatoms. The van der Waals surface area contributed by atoms with Crippen LogP contribution >= 0.6 is 0 Å². The van der Waals surface area contributed by atoms with E-state index in [1.165, 1.54) is 38.4 Å². The molecule has 1 aromatic rings. The Kier molecular flexibility index (Phi) is 6.30. The second-order valence-corrected chi connectivity index (χ2v) is 5.76. The van der Waals surface area contributed by atoms with Gasteiger partial charge in [-0.15, -0.1) is 0 Å². The molecule has 0 saturated carbocycles. The van der Waals surface area contributed by atoms with Crippen LogP contribution in [0.25, 0.3) is 0 Å². The lowest BCUT2D eigenvalue weighted by molar-refractivity contribution is 0.0974. The second kappa shape index (κ2) is 8.23. The molecule has 21 heavy (non-hydrogen) atoms. The number of nitrogens with zero attached hydrogens (tertiary/aromatic N) is 1. The Morgan fingerprint density at radius 1 is 1.05 bits per heavy atom. The third-order valence-corrected chi connectivity index (χ3v) is 4.06. The molecule has 1 fully saturated rings. The zero-order valence-electron chi connectivity index (χ0n) is 12.4. The van der Waals surface area contributed by atoms with E-state index in [-0.39, 0.29) is 11.3 Å². The smallest absolute Gasteiger partial charge is 0.165 e. The van der Waals surface area contributed by atoms with Crippen molar-refractivity contribution < 1.29 is 13.6 Å². The largest absolute Gasteiger partial charge is 0.303 e. The monoisotopic (exact) mass is 295 g/mol. The molecule has 2 rings (SSSR count). The van der Waals surface area contributed by atoms with E-state index in [1.807, 2.05) is 0 Å². The van der Waals surface area contributed by atoms with E-state index in [2.05, 4.69) is 4.90 Å². The lowest BCUT2D eigenvalue weighted by atomic mass is 10.0. The van der Waals surface area contributed by atoms with Crippen molar-refractivity contribution in [2.24, 2.45) is 0 Å². The minimum atomic E-state index is -0.756. The molecule has 1 heterocycles. The van der Waals surface area contributed by atoms with Gasteiger partial charge >= 0.3 is 0 Å². The number of carbonyl (C=O) groups is 1. The van der Waals surface area contributed by atoms with Gasteiger partial charge in [-0.25, -0.2) is 8.78 Å². The van der Waals surface area contributed by atoms with Gasteiger partial charge in [0.15, 0.2) is 5.78 Å². The summed E-state index contributed by atoms with van der Waals surface area (Å²) in [7, 11) is 0. The predicted molar refractivity (Wildman–Crippen MR) is 79.4 cm³/mol. The van der Waals surface area contributed by atoms with Gasteiger partial charge < -0.3 is 4.90 Å². The Hall–Kier alpha value is -1.29. The van der Waals surface area contributed by atoms with Gasteiger partial charge in [-0.3, -0.25) is 4.79 Å². The number of likely N-dealkylation sites (tertiary alicyclic amines) is 1. The maximum absolute atomic E-state index is 13.5. The molecular weight excluding hydrogens is 272 g/mol. The predicted octanol–water partition coefficient (Wildman–Crippen LogP) is 4.19. The van der Waals surface area contributed by atoms with E-state index < -0.39 is 11.6 Å². The highest BCUT2D eigenvalue weighted by atomic mass is 19.1. The summed E-state index contributed by atoms with van der Waals surface area (Å²) < 4.78 is 26.2. The number of hydrogen-bond donors (Lipinski definition) is 0. The highest BCUT2D eigenvalue weighted by Crippen LogP contribution is 2.15. The van der Waals surface area contributed by atoms with Crippen LogP contribution in [0.5, 0.6) is 0 Å². The Bertz CT molecular complexity index is 470. The number of Topliss-reactive ketones (excluding diaryl/α,β-unsaturated/α-hetero) is 1. The van der Waals surface area contributed by atoms with E-state index >= 15 is 0 Å². The standard InChI is InChI=1S/C17H23F2NO/c18-14-8-9-15(16(19)13-14)17(21)7-3-1-4-10-20-11-5-2-6-12-20/h8-9,13H,1-7,10-12H2. The van der Waals surface area contributed by atoms with E-state index in [0.29, 0.717) is 6.42 Å². The first-order chi connectivity index (χ1) is 10.2. The third kappa shape index (κ3) is 5.20. The van der Waals surface area contributed by atoms with Crippen molar-refractivity contribution in [1.82, 2.24) is 4.90 Å². The van der Waals surface area contributed by atoms with Gasteiger partial charge in [0, 0.05) is 12.5 Å². The van der Waals surface area contributed by atoms with Gasteiger partial charge in [0.05, 0.1) is 5.56 Å². The molecule has 1 saturated heterocycles. The molecule has 2 nitrogen and oxygen atoms in total. The van der Waals surface area contributed by atoms with E-state index in [9.17, 15) is 13.6 Å². The van der Waals surface area contributed by atoms with Crippen LogP contribution in [0.15, 0.2) is 18.2 Å². The SMILES string of the molecule is O=C(CCCCCN1CCCCC1)c1ccc(F)cc1F. The lowest BCUT2D eigenvalue weighted by Crippen LogP contribution is -2.30. The average Bonchev–Trinajstić information content (AvgIpc) is 2.47. The topological polar surface area (TPSA) is 20.3 Å². The Labute approximate surface area is 125 Å². The number of rotatable bonds is 7. The summed E-state index contributed by atoms with van der Waals surface area (Å²) in [4.78, 5) is 14.3. The fourth-order valence-corrected chi connectivity index (χ4v) is 2.83. The third-order valence-electron chi connectivity index (χ3n) is 4.06. The van der Waals surface area contributed by atoms with Crippen molar-refractivity contribution in [2.45, 2.75) is 44.9 Å². The van der Waals surface area contributed by atoms with Crippen molar-refractivity contribution >= 4 is 5.78 Å². The molecule has 0 N–H and O–H groups in total. The summed E-state index contributed by atoms with van der Waals surface area (Å²) >= 11 is 0. The number of halogens is 2. The minimum absolute atomic E-state index is 0.00688. The number of hydrogen-bond acceptors (Lipinski definition) is 2. The van der Waals surface area contributed by atoms with Gasteiger partial charge in [-0.05, 0) is 57.5 Å². The van der Waals surface area contributed by atoms with Crippen molar-refractivity contribution in [2.75, 3.05) is 19.6 Å². The molecule has 0 radical (unpaired) electrons. The number of piperidine rings is 1. The summed E-state index contributed by atoms with van der Waals surface area (Å²) in [5.74, 6) is -1.63. The molecule has 0 amide bonds. The van der Waals surface area contributed by atoms with Crippen LogP contribution in [-0.2, 0) is 0 Å². The molecule has 116 valence electrons. The van der Waals surface area contributed by atoms with E-state index in [0.717, 1.165) is 37.9 Å². The highest BCUT2D eigenvalue weighted by Gasteiger charge is 2.12. The van der Waals surface area contributed by atoms with Crippen LogP contribution in [-0.4, -0.2) is 30.3 Å². The summed E-state index contributed by atoms with van der Waals surface area (Å²) in [6.45, 7) is 3.48. The van der Waals surface area contributed by atoms with E-state index in [4.69, 9.17) is 0 Å². The normalized spacial score (nSPS) is 16.1. The molecule has 1 aliphatic rings. The Morgan fingerprint density at radius 2 is 1.81 bits per heavy atom. The maximum Gasteiger partial charge on any atom is 0.165 e. The van der Waals surface area contributed by atoms with Crippen LogP contribution in [0.3, 0.4) is 0 Å². The second-order valence-electron chi connectivity index (χ2n) is 5.76. The van der Waals surface area contributed by atoms with Crippen LogP contribution in [0.4, 0.5) is 8.78 Å². The molecule has 1 aliphatic heterocycles. The Morgan fingerprint density at radius 3 is 2.52 bits per heavy atom. The quantitative estimate of drug-likeness (QED) is 0.555. The van der Waals surface area contributed by atoms with Crippen LogP contribution < -0.4 is 0 Å². The number of benzene rings is 1. The molecule has 0 bridgehead atoms. The molecule has 0 unspecified atom stereocenters. The zero-order chi connectivity index (χ0) is 15.1. The fourth-order valence-electron chi connectivity index (χ4n) is 2.83. The average molecular weight is 295 g/mol. The summed E-state index contributed by atoms with van der Waals surface area (Å²) in [6, 6.07) is 3.14. The summed E-state index contributed by atoms with van der Waals surface area (Å²) in [6.07, 6.45) is 7.09. The van der Waals surface area contributed by atoms with Crippen LogP contribution in [0.1, 0.15) is 55.3 Å². The van der Waals surface area contributed by atoms with Crippen molar-refractivity contribution in [1.29, 1.82) is 0 Å². The number of carbonyl (C=O) groups excluding carboxylic acids is 1. The zero-order valence-corrected chi connectivity index (χ0v) is 12.4. The maximum atomic E-state index is 13.5. The first kappa shape index (κ1) is 16.1. The van der Waals surface area contributed by atoms with Crippen molar-refractivity contribution in [3.8, 4) is 0 Å². The fraction of sp³-hybridized carbons (Fsp3) is 0.588. The molecule has 1 aromatic carbocycles. The highest BCUT2D eigenvalue weighted by molar-refractivity contribution is 5.96. The van der Waals surface area contributed by atoms with Gasteiger partial charge in [0.25, 0.3) is 0 Å². The number of unbranched alkanes of at least 4 members (excludes halogenated alkanes) is 2. The minimum Gasteiger partial charge on any atom is -0.303 e. The van der Waals surface area contributed by atoms with Crippen molar-refractivity contribution in [3.05, 3.63) is 35.4 Å². The summed E-state index contributed by atoms with van der Waals surface area (Å²) in [5.41, 5.74) is 0.00688. The van der Waals surface area contributed by atoms with Crippen LogP contribution in [0.2, 0.25) is 0 Å². The molecular formula is C17H23F2NO. The molecule has 0 aromatic heterocycles. The molecule has 0 aliphatic carbocycles. The summed E-state index contributed by atoms with van der Waals surface area (Å²) in [5, 5.41) is 0. The molecule has 0 spiro atoms. The number of ketones is 1. The van der Waals surface area contributed by atoms with Gasteiger partial charge in [0.1, 0.15) is 11.6 Å². The first-order valence-electron chi connectivity index (χ1n) is 7.87.